The number of rotatable bonds is 6. The zero-order valence-electron chi connectivity index (χ0n) is 10.3. The van der Waals surface area contributed by atoms with Crippen LogP contribution in [-0.2, 0) is 11.2 Å². The average Bonchev–Trinajstić information content (AvgIpc) is 2.35. The summed E-state index contributed by atoms with van der Waals surface area (Å²) in [5.41, 5.74) is 1.60. The molecule has 1 rings (SSSR count). The van der Waals surface area contributed by atoms with Crippen LogP contribution in [0.15, 0.2) is 34.3 Å². The van der Waals surface area contributed by atoms with Crippen molar-refractivity contribution in [2.75, 3.05) is 6.26 Å². The van der Waals surface area contributed by atoms with Crippen molar-refractivity contribution in [2.45, 2.75) is 37.5 Å². The molecule has 94 valence electrons. The molecule has 0 aromatic heterocycles. The number of hydrogen-bond acceptors (Lipinski definition) is 3. The Morgan fingerprint density at radius 1 is 1.29 bits per heavy atom. The van der Waals surface area contributed by atoms with E-state index >= 15 is 0 Å². The van der Waals surface area contributed by atoms with Crippen LogP contribution in [0.1, 0.15) is 38.2 Å². The van der Waals surface area contributed by atoms with Gasteiger partial charge in [0.25, 0.3) is 0 Å². The third-order valence-corrected chi connectivity index (χ3v) is 3.59. The highest BCUT2D eigenvalue weighted by molar-refractivity contribution is 7.90. The lowest BCUT2D eigenvalue weighted by molar-refractivity contribution is 0.317. The van der Waals surface area contributed by atoms with Crippen LogP contribution in [0.2, 0.25) is 0 Å². The topological polar surface area (TPSA) is 55.7 Å². The molecule has 0 aliphatic rings. The first-order valence-corrected chi connectivity index (χ1v) is 7.39. The van der Waals surface area contributed by atoms with Crippen LogP contribution in [0, 0.1) is 0 Å². The van der Waals surface area contributed by atoms with Crippen molar-refractivity contribution in [3.05, 3.63) is 29.8 Å². The lowest BCUT2D eigenvalue weighted by atomic mass is 10.0. The molecule has 17 heavy (non-hydrogen) atoms. The van der Waals surface area contributed by atoms with Gasteiger partial charge in [0.05, 0.1) is 5.71 Å². The molecule has 0 fully saturated rings. The van der Waals surface area contributed by atoms with E-state index < -0.39 is 11.2 Å². The molecule has 0 saturated heterocycles. The summed E-state index contributed by atoms with van der Waals surface area (Å²) >= 11 is -0.962. The van der Waals surface area contributed by atoms with Gasteiger partial charge >= 0.3 is 0 Å². The van der Waals surface area contributed by atoms with Gasteiger partial charge in [0.15, 0.2) is 4.90 Å². The van der Waals surface area contributed by atoms with Crippen LogP contribution in [0.25, 0.3) is 0 Å². The molecule has 1 N–H and O–H groups in total. The van der Waals surface area contributed by atoms with Crippen molar-refractivity contribution in [3.63, 3.8) is 0 Å². The Labute approximate surface area is 106 Å². The second-order valence-electron chi connectivity index (χ2n) is 3.98. The molecule has 1 unspecified atom stereocenters. The minimum Gasteiger partial charge on any atom is -0.612 e. The van der Waals surface area contributed by atoms with Crippen molar-refractivity contribution in [1.29, 1.82) is 0 Å². The van der Waals surface area contributed by atoms with Gasteiger partial charge in [-0.15, -0.1) is 0 Å². The highest BCUT2D eigenvalue weighted by Gasteiger charge is 2.07. The highest BCUT2D eigenvalue weighted by Crippen LogP contribution is 2.13. The lowest BCUT2D eigenvalue weighted by Gasteiger charge is -2.07. The first-order chi connectivity index (χ1) is 8.19. The van der Waals surface area contributed by atoms with Crippen molar-refractivity contribution in [3.8, 4) is 0 Å². The van der Waals surface area contributed by atoms with Gasteiger partial charge in [0, 0.05) is 0 Å². The van der Waals surface area contributed by atoms with Gasteiger partial charge in [-0.1, -0.05) is 24.9 Å². The van der Waals surface area contributed by atoms with E-state index in [-0.39, 0.29) is 0 Å². The van der Waals surface area contributed by atoms with Gasteiger partial charge in [-0.25, -0.2) is 0 Å². The van der Waals surface area contributed by atoms with Gasteiger partial charge in [-0.05, 0) is 53.8 Å². The van der Waals surface area contributed by atoms with Gasteiger partial charge in [0.2, 0.25) is 0 Å². The second-order valence-corrected chi connectivity index (χ2v) is 5.36. The molecule has 0 aliphatic heterocycles. The summed E-state index contributed by atoms with van der Waals surface area (Å²) in [4.78, 5) is 0.791. The molecule has 0 spiro atoms. The van der Waals surface area contributed by atoms with E-state index in [0.717, 1.165) is 36.1 Å². The van der Waals surface area contributed by atoms with E-state index in [1.54, 1.807) is 6.26 Å². The molecule has 0 radical (unpaired) electrons. The molecule has 4 heteroatoms. The maximum absolute atomic E-state index is 11.2. The molecule has 1 atom stereocenters. The molecule has 0 amide bonds. The van der Waals surface area contributed by atoms with Crippen molar-refractivity contribution >= 4 is 16.9 Å². The monoisotopic (exact) mass is 253 g/mol. The molecule has 0 bridgehead atoms. The molecule has 3 nitrogen and oxygen atoms in total. The quantitative estimate of drug-likeness (QED) is 0.278. The fraction of sp³-hybridized carbons (Fsp3) is 0.462. The Balaban J connectivity index is 2.69. The maximum atomic E-state index is 11.2. The third-order valence-electron chi connectivity index (χ3n) is 2.66. The molecular weight excluding hydrogens is 234 g/mol. The summed E-state index contributed by atoms with van der Waals surface area (Å²) < 4.78 is 11.2. The van der Waals surface area contributed by atoms with E-state index in [2.05, 4.69) is 12.1 Å². The standard InChI is InChI=1S/C13H19NO2S/c1-3-4-5-6-13(14-15)11-7-9-12(10-8-11)17(2)16/h7-10,15H,3-6H2,1-2H3. The first kappa shape index (κ1) is 14.1. The number of nitrogens with zero attached hydrogens (tertiary/aromatic N) is 1. The fourth-order valence-corrected chi connectivity index (χ4v) is 2.15. The Morgan fingerprint density at radius 3 is 2.41 bits per heavy atom. The molecule has 1 aromatic carbocycles. The van der Waals surface area contributed by atoms with Gasteiger partial charge in [0.1, 0.15) is 6.26 Å². The summed E-state index contributed by atoms with van der Waals surface area (Å²) in [7, 11) is 0. The SMILES string of the molecule is CCCCCC(=NO)c1ccc([S+](C)[O-])cc1. The fourth-order valence-electron chi connectivity index (χ4n) is 1.63. The third kappa shape index (κ3) is 4.40. The van der Waals surface area contributed by atoms with Crippen molar-refractivity contribution in [2.24, 2.45) is 5.16 Å². The first-order valence-electron chi connectivity index (χ1n) is 5.83. The van der Waals surface area contributed by atoms with E-state index in [0.29, 0.717) is 5.71 Å². The normalized spacial score (nSPS) is 13.7. The zero-order chi connectivity index (χ0) is 12.7. The number of unbranched alkanes of at least 4 members (excludes halogenated alkanes) is 2. The van der Waals surface area contributed by atoms with E-state index in [1.807, 2.05) is 24.3 Å². The summed E-state index contributed by atoms with van der Waals surface area (Å²) in [5, 5.41) is 12.3. The summed E-state index contributed by atoms with van der Waals surface area (Å²) in [5.74, 6) is 0. The molecule has 0 aliphatic carbocycles. The molecule has 0 heterocycles. The summed E-state index contributed by atoms with van der Waals surface area (Å²) in [6.07, 6.45) is 5.73. The Kier molecular flexibility index (Phi) is 6.08. The van der Waals surface area contributed by atoms with E-state index in [9.17, 15) is 4.55 Å². The summed E-state index contributed by atoms with van der Waals surface area (Å²) in [6, 6.07) is 7.35. The highest BCUT2D eigenvalue weighted by atomic mass is 32.2. The lowest BCUT2D eigenvalue weighted by Crippen LogP contribution is -2.03. The Morgan fingerprint density at radius 2 is 1.94 bits per heavy atom. The van der Waals surface area contributed by atoms with E-state index in [1.165, 1.54) is 0 Å². The smallest absolute Gasteiger partial charge is 0.152 e. The van der Waals surface area contributed by atoms with Crippen molar-refractivity contribution < 1.29 is 9.76 Å². The minimum absolute atomic E-state index is 0.701. The second kappa shape index (κ2) is 7.35. The van der Waals surface area contributed by atoms with Crippen molar-refractivity contribution in [1.82, 2.24) is 0 Å². The minimum atomic E-state index is -0.962. The zero-order valence-corrected chi connectivity index (χ0v) is 11.2. The average molecular weight is 253 g/mol. The molecule has 0 saturated carbocycles. The van der Waals surface area contributed by atoms with Gasteiger partial charge in [-0.2, -0.15) is 0 Å². The van der Waals surface area contributed by atoms with Crippen LogP contribution in [-0.4, -0.2) is 21.7 Å². The molecule has 1 aromatic rings. The Bertz CT molecular complexity index is 360. The number of oxime groups is 1. The predicted molar refractivity (Wildman–Crippen MR) is 71.2 cm³/mol. The van der Waals surface area contributed by atoms with E-state index in [4.69, 9.17) is 5.21 Å². The maximum Gasteiger partial charge on any atom is 0.152 e. The largest absolute Gasteiger partial charge is 0.612 e. The van der Waals surface area contributed by atoms with Crippen LogP contribution in [0.3, 0.4) is 0 Å². The van der Waals surface area contributed by atoms with Crippen LogP contribution in [0.5, 0.6) is 0 Å². The summed E-state index contributed by atoms with van der Waals surface area (Å²) in [6.45, 7) is 2.14. The number of hydrogen-bond donors (Lipinski definition) is 1. The van der Waals surface area contributed by atoms with Crippen LogP contribution >= 0.6 is 0 Å². The Hall–Kier alpha value is -1.00. The van der Waals surface area contributed by atoms with Crippen LogP contribution in [0.4, 0.5) is 0 Å². The van der Waals surface area contributed by atoms with Crippen LogP contribution < -0.4 is 0 Å². The predicted octanol–water partition coefficient (Wildman–Crippen LogP) is 3.18. The van der Waals surface area contributed by atoms with Gasteiger partial charge < -0.3 is 9.76 Å². The van der Waals surface area contributed by atoms with Gasteiger partial charge in [-0.3, -0.25) is 0 Å². The number of benzene rings is 1. The molecular formula is C13H19NO2S.